The zero-order valence-corrected chi connectivity index (χ0v) is 18.0. The highest BCUT2D eigenvalue weighted by Gasteiger charge is 2.56. The van der Waals surface area contributed by atoms with Crippen LogP contribution in [0.1, 0.15) is 73.5 Å². The van der Waals surface area contributed by atoms with Gasteiger partial charge in [0.15, 0.2) is 0 Å². The van der Waals surface area contributed by atoms with Crippen molar-refractivity contribution in [3.05, 3.63) is 22.8 Å². The number of ether oxygens (including phenoxy) is 4. The van der Waals surface area contributed by atoms with Crippen LogP contribution >= 0.6 is 0 Å². The molecule has 7 nitrogen and oxygen atoms in total. The van der Waals surface area contributed by atoms with Crippen molar-refractivity contribution in [3.8, 4) is 11.5 Å². The van der Waals surface area contributed by atoms with Crippen LogP contribution in [0.2, 0.25) is 0 Å². The number of phenols is 1. The number of aliphatic hydroxyl groups is 1. The number of rotatable bonds is 6. The van der Waals surface area contributed by atoms with Gasteiger partial charge in [-0.25, -0.2) is 4.79 Å². The SMILES string of the molecule is CCCCC[C@@H]1Cc2cc(O)c(C(=O)OC)c3c2[C@H](C[C@]2(OC[C@@H](CO)[C@@H]2C)O3)O1. The van der Waals surface area contributed by atoms with Crippen LogP contribution in [0.5, 0.6) is 11.5 Å². The van der Waals surface area contributed by atoms with Crippen LogP contribution < -0.4 is 4.74 Å². The van der Waals surface area contributed by atoms with Crippen LogP contribution in [-0.4, -0.2) is 48.4 Å². The topological polar surface area (TPSA) is 94.5 Å². The molecule has 3 aliphatic heterocycles. The van der Waals surface area contributed by atoms with Gasteiger partial charge in [-0.15, -0.1) is 0 Å². The average molecular weight is 421 g/mol. The first-order valence-electron chi connectivity index (χ1n) is 11.0. The fourth-order valence-corrected chi connectivity index (χ4v) is 5.11. The molecule has 0 radical (unpaired) electrons. The largest absolute Gasteiger partial charge is 0.507 e. The zero-order chi connectivity index (χ0) is 21.5. The van der Waals surface area contributed by atoms with Gasteiger partial charge in [-0.2, -0.15) is 0 Å². The molecule has 7 heteroatoms. The molecule has 0 bridgehead atoms. The van der Waals surface area contributed by atoms with Crippen LogP contribution in [0.4, 0.5) is 0 Å². The molecule has 0 aliphatic carbocycles. The van der Waals surface area contributed by atoms with Gasteiger partial charge in [0.1, 0.15) is 17.1 Å². The lowest BCUT2D eigenvalue weighted by Gasteiger charge is -2.45. The Morgan fingerprint density at radius 3 is 2.83 bits per heavy atom. The standard InChI is InChI=1S/C23H32O7/c1-4-5-6-7-16-8-14-9-17(25)20(22(26)27-3)21-19(14)18(29-16)10-23(30-21)13(2)15(11-24)12-28-23/h9,13,15-16,18,24-25H,4-8,10-12H2,1-3H3/t13-,15+,16+,18-,23-/m0/s1. The van der Waals surface area contributed by atoms with Gasteiger partial charge in [0.05, 0.1) is 25.9 Å². The van der Waals surface area contributed by atoms with Crippen molar-refractivity contribution in [2.45, 2.75) is 70.4 Å². The molecule has 1 saturated heterocycles. The summed E-state index contributed by atoms with van der Waals surface area (Å²) >= 11 is 0. The molecule has 0 saturated carbocycles. The quantitative estimate of drug-likeness (QED) is 0.537. The Kier molecular flexibility index (Phi) is 5.97. The monoisotopic (exact) mass is 420 g/mol. The molecule has 3 aliphatic rings. The van der Waals surface area contributed by atoms with Gasteiger partial charge < -0.3 is 29.2 Å². The lowest BCUT2D eigenvalue weighted by Crippen LogP contribution is -2.48. The average Bonchev–Trinajstić information content (AvgIpc) is 3.02. The lowest BCUT2D eigenvalue weighted by atomic mass is 9.80. The Hall–Kier alpha value is -1.83. The Balaban J connectivity index is 1.77. The van der Waals surface area contributed by atoms with E-state index < -0.39 is 11.8 Å². The second kappa shape index (κ2) is 8.36. The fourth-order valence-electron chi connectivity index (χ4n) is 5.11. The van der Waals surface area contributed by atoms with Gasteiger partial charge >= 0.3 is 5.97 Å². The predicted molar refractivity (Wildman–Crippen MR) is 109 cm³/mol. The summed E-state index contributed by atoms with van der Waals surface area (Å²) in [6, 6.07) is 1.66. The molecule has 30 heavy (non-hydrogen) atoms. The molecule has 1 spiro atoms. The van der Waals surface area contributed by atoms with Crippen molar-refractivity contribution in [1.82, 2.24) is 0 Å². The molecule has 2 N–H and O–H groups in total. The van der Waals surface area contributed by atoms with Gasteiger partial charge in [0.25, 0.3) is 0 Å². The molecule has 3 heterocycles. The van der Waals surface area contributed by atoms with E-state index >= 15 is 0 Å². The smallest absolute Gasteiger partial charge is 0.345 e. The third-order valence-corrected chi connectivity index (χ3v) is 6.95. The Morgan fingerprint density at radius 1 is 1.37 bits per heavy atom. The van der Waals surface area contributed by atoms with Crippen molar-refractivity contribution >= 4 is 5.97 Å². The van der Waals surface area contributed by atoms with Crippen molar-refractivity contribution in [3.63, 3.8) is 0 Å². The first-order chi connectivity index (χ1) is 14.4. The zero-order valence-electron chi connectivity index (χ0n) is 18.0. The summed E-state index contributed by atoms with van der Waals surface area (Å²) in [5.41, 5.74) is 1.78. The molecule has 0 aromatic heterocycles. The van der Waals surface area contributed by atoms with E-state index in [2.05, 4.69) is 6.92 Å². The maximum absolute atomic E-state index is 12.5. The van der Waals surface area contributed by atoms with E-state index in [1.54, 1.807) is 6.07 Å². The molecule has 166 valence electrons. The highest BCUT2D eigenvalue weighted by molar-refractivity contribution is 5.96. The van der Waals surface area contributed by atoms with Crippen LogP contribution in [0.3, 0.4) is 0 Å². The molecule has 4 rings (SSSR count). The number of hydrogen-bond acceptors (Lipinski definition) is 7. The van der Waals surface area contributed by atoms with E-state index in [0.717, 1.165) is 36.8 Å². The van der Waals surface area contributed by atoms with E-state index in [1.807, 2.05) is 6.92 Å². The highest BCUT2D eigenvalue weighted by atomic mass is 16.7. The summed E-state index contributed by atoms with van der Waals surface area (Å²) in [5.74, 6) is -1.68. The molecule has 1 aromatic carbocycles. The first kappa shape index (κ1) is 21.4. The number of esters is 1. The number of benzene rings is 1. The predicted octanol–water partition coefficient (Wildman–Crippen LogP) is 3.50. The lowest BCUT2D eigenvalue weighted by molar-refractivity contribution is -0.214. The van der Waals surface area contributed by atoms with Gasteiger partial charge in [-0.05, 0) is 24.5 Å². The molecule has 1 fully saturated rings. The van der Waals surface area contributed by atoms with Gasteiger partial charge in [-0.1, -0.05) is 33.1 Å². The summed E-state index contributed by atoms with van der Waals surface area (Å²) in [5, 5.41) is 20.4. The van der Waals surface area contributed by atoms with Crippen molar-refractivity contribution in [2.75, 3.05) is 20.3 Å². The number of aromatic hydroxyl groups is 1. The summed E-state index contributed by atoms with van der Waals surface area (Å²) < 4.78 is 23.9. The second-order valence-corrected chi connectivity index (χ2v) is 8.77. The fraction of sp³-hybridized carbons (Fsp3) is 0.696. The maximum Gasteiger partial charge on any atom is 0.345 e. The minimum absolute atomic E-state index is 0.000547. The number of carbonyl (C=O) groups is 1. The number of methoxy groups -OCH3 is 1. The molecular weight excluding hydrogens is 388 g/mol. The molecule has 0 unspecified atom stereocenters. The summed E-state index contributed by atoms with van der Waals surface area (Å²) in [6.45, 7) is 4.54. The Bertz CT molecular complexity index is 807. The molecule has 1 aromatic rings. The van der Waals surface area contributed by atoms with Gasteiger partial charge in [-0.3, -0.25) is 0 Å². The summed E-state index contributed by atoms with van der Waals surface area (Å²) in [6.07, 6.45) is 5.24. The van der Waals surface area contributed by atoms with E-state index in [4.69, 9.17) is 18.9 Å². The second-order valence-electron chi connectivity index (χ2n) is 8.77. The van der Waals surface area contributed by atoms with E-state index in [0.29, 0.717) is 25.2 Å². The molecular formula is C23H32O7. The van der Waals surface area contributed by atoms with E-state index in [1.165, 1.54) is 7.11 Å². The number of phenolic OH excluding ortho intramolecular Hbond substituents is 1. The molecule has 5 atom stereocenters. The minimum atomic E-state index is -1.01. The number of carbonyl (C=O) groups excluding carboxylic acids is 1. The number of hydrogen-bond donors (Lipinski definition) is 2. The van der Waals surface area contributed by atoms with Crippen molar-refractivity contribution < 1.29 is 34.0 Å². The first-order valence-corrected chi connectivity index (χ1v) is 11.0. The van der Waals surface area contributed by atoms with Crippen LogP contribution in [-0.2, 0) is 20.6 Å². The summed E-state index contributed by atoms with van der Waals surface area (Å²) in [7, 11) is 1.28. The normalized spacial score (nSPS) is 32.0. The van der Waals surface area contributed by atoms with E-state index in [-0.39, 0.29) is 42.0 Å². The minimum Gasteiger partial charge on any atom is -0.507 e. The Labute approximate surface area is 177 Å². The van der Waals surface area contributed by atoms with Crippen LogP contribution in [0.25, 0.3) is 0 Å². The maximum atomic E-state index is 12.5. The Morgan fingerprint density at radius 2 is 2.17 bits per heavy atom. The summed E-state index contributed by atoms with van der Waals surface area (Å²) in [4.78, 5) is 12.5. The number of aliphatic hydroxyl groups excluding tert-OH is 1. The third-order valence-electron chi connectivity index (χ3n) is 6.95. The van der Waals surface area contributed by atoms with Crippen molar-refractivity contribution in [1.29, 1.82) is 0 Å². The van der Waals surface area contributed by atoms with Gasteiger partial charge in [0, 0.05) is 30.4 Å². The van der Waals surface area contributed by atoms with Crippen LogP contribution in [0.15, 0.2) is 6.07 Å². The van der Waals surface area contributed by atoms with Crippen molar-refractivity contribution in [2.24, 2.45) is 11.8 Å². The van der Waals surface area contributed by atoms with Gasteiger partial charge in [0.2, 0.25) is 5.79 Å². The van der Waals surface area contributed by atoms with Crippen LogP contribution in [0, 0.1) is 11.8 Å². The number of unbranched alkanes of at least 4 members (excludes halogenated alkanes) is 2. The highest BCUT2D eigenvalue weighted by Crippen LogP contribution is 2.55. The van der Waals surface area contributed by atoms with E-state index in [9.17, 15) is 15.0 Å². The molecule has 0 amide bonds. The third kappa shape index (κ3) is 3.47.